The molecule has 3 aromatic rings. The van der Waals surface area contributed by atoms with E-state index in [1.807, 2.05) is 6.92 Å². The number of carbonyl (C=O) groups is 2. The third-order valence-corrected chi connectivity index (χ3v) is 7.54. The topological polar surface area (TPSA) is 130 Å². The molecule has 3 rings (SSSR count). The summed E-state index contributed by atoms with van der Waals surface area (Å²) in [4.78, 5) is 24.1. The van der Waals surface area contributed by atoms with Crippen LogP contribution in [0.2, 0.25) is 5.02 Å². The molecule has 0 atom stereocenters. The summed E-state index contributed by atoms with van der Waals surface area (Å²) in [6, 6.07) is 17.2. The molecule has 0 aromatic heterocycles. The van der Waals surface area contributed by atoms with Crippen LogP contribution in [-0.2, 0) is 34.3 Å². The quantitative estimate of drug-likeness (QED) is 0.378. The fraction of sp³-hybridized carbons (Fsp3) is 0.200. The molecule has 0 bridgehead atoms. The lowest BCUT2D eigenvalue weighted by molar-refractivity contribution is -0.119. The van der Waals surface area contributed by atoms with Crippen LogP contribution in [0.25, 0.3) is 0 Å². The van der Waals surface area contributed by atoms with E-state index in [1.165, 1.54) is 24.3 Å². The lowest BCUT2D eigenvalue weighted by Crippen LogP contribution is -2.41. The number of hydrogen-bond acceptors (Lipinski definition) is 5. The van der Waals surface area contributed by atoms with E-state index >= 15 is 0 Å². The number of aromatic carboxylic acids is 1. The number of carbonyl (C=O) groups excluding carboxylic acids is 1. The Morgan fingerprint density at radius 1 is 1.03 bits per heavy atom. The molecule has 1 amide bonds. The Morgan fingerprint density at radius 2 is 1.71 bits per heavy atom. The van der Waals surface area contributed by atoms with Gasteiger partial charge in [0.05, 0.1) is 16.1 Å². The van der Waals surface area contributed by atoms with Crippen molar-refractivity contribution in [3.8, 4) is 0 Å². The molecule has 8 nitrogen and oxygen atoms in total. The second kappa shape index (κ2) is 11.4. The molecule has 0 saturated carbocycles. The number of sulfonamides is 1. The maximum Gasteiger partial charge on any atom is 0.335 e. The first-order chi connectivity index (χ1) is 16.7. The first-order valence-electron chi connectivity index (χ1n) is 10.9. The van der Waals surface area contributed by atoms with Gasteiger partial charge in [0, 0.05) is 18.1 Å². The SMILES string of the molecule is CCc1c(Cl)cccc1N(CC(=O)NCc1cccc(C(=O)O)c1)S(=O)(=O)c1ccc(CN)cc1. The highest BCUT2D eigenvalue weighted by Crippen LogP contribution is 2.32. The average molecular weight is 516 g/mol. The third kappa shape index (κ3) is 6.19. The second-order valence-electron chi connectivity index (χ2n) is 7.73. The Hall–Kier alpha value is -3.40. The number of halogens is 1. The van der Waals surface area contributed by atoms with Gasteiger partial charge < -0.3 is 16.2 Å². The van der Waals surface area contributed by atoms with Crippen molar-refractivity contribution in [2.24, 2.45) is 5.73 Å². The van der Waals surface area contributed by atoms with Gasteiger partial charge in [0.1, 0.15) is 6.54 Å². The number of rotatable bonds is 10. The number of benzene rings is 3. The molecule has 184 valence electrons. The summed E-state index contributed by atoms with van der Waals surface area (Å²) < 4.78 is 28.3. The molecular formula is C25H26ClN3O5S. The van der Waals surface area contributed by atoms with Crippen molar-refractivity contribution in [3.63, 3.8) is 0 Å². The molecule has 0 aliphatic rings. The standard InChI is InChI=1S/C25H26ClN3O5S/c1-2-21-22(26)7-4-8-23(21)29(35(33,34)20-11-9-17(14-27)10-12-20)16-24(30)28-15-18-5-3-6-19(13-18)25(31)32/h3-13H,2,14-16,27H2,1H3,(H,28,30)(H,31,32). The second-order valence-corrected chi connectivity index (χ2v) is 10.0. The molecule has 0 radical (unpaired) electrons. The summed E-state index contributed by atoms with van der Waals surface area (Å²) in [6.45, 7) is 1.66. The predicted octanol–water partition coefficient (Wildman–Crippen LogP) is 3.57. The number of nitrogens with zero attached hydrogens (tertiary/aromatic N) is 1. The van der Waals surface area contributed by atoms with Crippen molar-refractivity contribution in [1.82, 2.24) is 5.32 Å². The van der Waals surface area contributed by atoms with Gasteiger partial charge in [-0.15, -0.1) is 0 Å². The fourth-order valence-corrected chi connectivity index (χ4v) is 5.31. The molecule has 35 heavy (non-hydrogen) atoms. The van der Waals surface area contributed by atoms with Gasteiger partial charge in [-0.05, 0) is 59.5 Å². The summed E-state index contributed by atoms with van der Waals surface area (Å²) in [5.41, 5.74) is 7.97. The average Bonchev–Trinajstić information content (AvgIpc) is 2.86. The lowest BCUT2D eigenvalue weighted by atomic mass is 10.1. The molecule has 0 spiro atoms. The fourth-order valence-electron chi connectivity index (χ4n) is 3.56. The van der Waals surface area contributed by atoms with Crippen LogP contribution in [-0.4, -0.2) is 31.9 Å². The van der Waals surface area contributed by atoms with Gasteiger partial charge >= 0.3 is 5.97 Å². The largest absolute Gasteiger partial charge is 0.478 e. The third-order valence-electron chi connectivity index (χ3n) is 5.41. The summed E-state index contributed by atoms with van der Waals surface area (Å²) in [7, 11) is -4.13. The van der Waals surface area contributed by atoms with Crippen LogP contribution in [0.1, 0.15) is 34.0 Å². The predicted molar refractivity (Wildman–Crippen MR) is 135 cm³/mol. The Balaban J connectivity index is 1.93. The number of carboxylic acid groups (broad SMARTS) is 1. The van der Waals surface area contributed by atoms with Gasteiger partial charge in [-0.25, -0.2) is 13.2 Å². The van der Waals surface area contributed by atoms with Crippen molar-refractivity contribution < 1.29 is 23.1 Å². The van der Waals surface area contributed by atoms with Crippen LogP contribution in [0.15, 0.2) is 71.6 Å². The van der Waals surface area contributed by atoms with E-state index in [4.69, 9.17) is 22.4 Å². The van der Waals surface area contributed by atoms with Gasteiger partial charge in [-0.1, -0.05) is 48.9 Å². The molecule has 4 N–H and O–H groups in total. The number of anilines is 1. The molecule has 3 aromatic carbocycles. The number of amides is 1. The number of nitrogens with one attached hydrogen (secondary N) is 1. The normalized spacial score (nSPS) is 11.2. The highest BCUT2D eigenvalue weighted by Gasteiger charge is 2.29. The van der Waals surface area contributed by atoms with E-state index in [9.17, 15) is 18.0 Å². The van der Waals surface area contributed by atoms with E-state index in [0.717, 1.165) is 9.87 Å². The Bertz CT molecular complexity index is 1330. The molecule has 0 heterocycles. The molecule has 0 aliphatic heterocycles. The van der Waals surface area contributed by atoms with Crippen LogP contribution in [0.5, 0.6) is 0 Å². The zero-order valence-electron chi connectivity index (χ0n) is 19.1. The molecule has 0 unspecified atom stereocenters. The van der Waals surface area contributed by atoms with E-state index < -0.39 is 28.4 Å². The van der Waals surface area contributed by atoms with Gasteiger partial charge in [-0.2, -0.15) is 0 Å². The van der Waals surface area contributed by atoms with Crippen molar-refractivity contribution >= 4 is 39.2 Å². The minimum Gasteiger partial charge on any atom is -0.478 e. The number of hydrogen-bond donors (Lipinski definition) is 3. The molecule has 10 heteroatoms. The zero-order valence-corrected chi connectivity index (χ0v) is 20.6. The smallest absolute Gasteiger partial charge is 0.335 e. The number of carboxylic acids is 1. The maximum absolute atomic E-state index is 13.6. The molecule has 0 aliphatic carbocycles. The van der Waals surface area contributed by atoms with Crippen molar-refractivity contribution in [1.29, 1.82) is 0 Å². The van der Waals surface area contributed by atoms with Gasteiger partial charge in [-0.3, -0.25) is 9.10 Å². The van der Waals surface area contributed by atoms with Crippen LogP contribution >= 0.6 is 11.6 Å². The van der Waals surface area contributed by atoms with E-state index in [2.05, 4.69) is 5.32 Å². The Morgan fingerprint density at radius 3 is 2.34 bits per heavy atom. The molecule has 0 fully saturated rings. The van der Waals surface area contributed by atoms with E-state index in [1.54, 1.807) is 42.5 Å². The van der Waals surface area contributed by atoms with Crippen molar-refractivity contribution in [2.45, 2.75) is 31.3 Å². The van der Waals surface area contributed by atoms with Gasteiger partial charge in [0.2, 0.25) is 5.91 Å². The monoisotopic (exact) mass is 515 g/mol. The maximum atomic E-state index is 13.6. The van der Waals surface area contributed by atoms with Gasteiger partial charge in [0.25, 0.3) is 10.0 Å². The van der Waals surface area contributed by atoms with E-state index in [0.29, 0.717) is 28.3 Å². The minimum absolute atomic E-state index is 0.0127. The van der Waals surface area contributed by atoms with Crippen molar-refractivity contribution in [2.75, 3.05) is 10.8 Å². The summed E-state index contributed by atoms with van der Waals surface area (Å²) in [6.07, 6.45) is 0.455. The van der Waals surface area contributed by atoms with Crippen LogP contribution in [0, 0.1) is 0 Å². The first kappa shape index (κ1) is 26.2. The summed E-state index contributed by atoms with van der Waals surface area (Å²) >= 11 is 6.34. The van der Waals surface area contributed by atoms with Crippen LogP contribution < -0.4 is 15.4 Å². The van der Waals surface area contributed by atoms with E-state index in [-0.39, 0.29) is 23.5 Å². The first-order valence-corrected chi connectivity index (χ1v) is 12.7. The number of nitrogens with two attached hydrogens (primary N) is 1. The lowest BCUT2D eigenvalue weighted by Gasteiger charge is -2.26. The van der Waals surface area contributed by atoms with Crippen molar-refractivity contribution in [3.05, 3.63) is 94.0 Å². The Labute approximate surface area is 209 Å². The minimum atomic E-state index is -4.13. The molecular weight excluding hydrogens is 490 g/mol. The highest BCUT2D eigenvalue weighted by molar-refractivity contribution is 7.92. The Kier molecular flexibility index (Phi) is 8.50. The van der Waals surface area contributed by atoms with Crippen LogP contribution in [0.4, 0.5) is 5.69 Å². The van der Waals surface area contributed by atoms with Gasteiger partial charge in [0.15, 0.2) is 0 Å². The highest BCUT2D eigenvalue weighted by atomic mass is 35.5. The van der Waals surface area contributed by atoms with Crippen LogP contribution in [0.3, 0.4) is 0 Å². The zero-order chi connectivity index (χ0) is 25.6. The molecule has 0 saturated heterocycles. The summed E-state index contributed by atoms with van der Waals surface area (Å²) in [5.74, 6) is -1.64. The summed E-state index contributed by atoms with van der Waals surface area (Å²) in [5, 5.41) is 12.2.